The van der Waals surface area contributed by atoms with E-state index in [0.29, 0.717) is 0 Å². The fraction of sp³-hybridized carbons (Fsp3) is 0.269. The van der Waals surface area contributed by atoms with Crippen molar-refractivity contribution in [2.45, 2.75) is 40.7 Å². The molecule has 156 valence electrons. The number of para-hydroxylation sites is 1. The summed E-state index contributed by atoms with van der Waals surface area (Å²) in [6, 6.07) is 23.6. The molecular formula is C26H29BN4. The van der Waals surface area contributed by atoms with Crippen LogP contribution < -0.4 is 15.4 Å². The number of hydrogen-bond donors (Lipinski definition) is 0. The first-order valence-corrected chi connectivity index (χ1v) is 11.1. The molecule has 2 aliphatic heterocycles. The molecule has 2 aliphatic rings. The molecule has 0 aliphatic carbocycles. The first kappa shape index (κ1) is 19.7. The Balaban J connectivity index is 1.66. The Labute approximate surface area is 185 Å². The molecule has 1 atom stereocenters. The van der Waals surface area contributed by atoms with E-state index >= 15 is 0 Å². The molecule has 0 amide bonds. The Bertz CT molecular complexity index is 1140. The summed E-state index contributed by atoms with van der Waals surface area (Å²) >= 11 is 0. The summed E-state index contributed by atoms with van der Waals surface area (Å²) in [5.74, 6) is 0.995. The van der Waals surface area contributed by atoms with Gasteiger partial charge in [0, 0.05) is 18.1 Å². The number of fused-ring (bicyclic) bond motifs is 2. The first-order chi connectivity index (χ1) is 14.9. The van der Waals surface area contributed by atoms with Gasteiger partial charge in [0.05, 0.1) is 5.69 Å². The third-order valence-corrected chi connectivity index (χ3v) is 6.42. The molecule has 0 spiro atoms. The summed E-state index contributed by atoms with van der Waals surface area (Å²) in [6.07, 6.45) is 4.33. The van der Waals surface area contributed by atoms with Gasteiger partial charge in [0.2, 0.25) is 0 Å². The number of hydrogen-bond acceptors (Lipinski definition) is 4. The van der Waals surface area contributed by atoms with Crippen molar-refractivity contribution in [2.75, 3.05) is 9.91 Å². The SMILES string of the molecule is CB1c2ccccc2C(C(C)(C)C)=CN1N1c2ncccc2N(c2ccccc2)[C@@H]1C. The van der Waals surface area contributed by atoms with E-state index in [4.69, 9.17) is 4.98 Å². The average Bonchev–Trinajstić information content (AvgIpc) is 3.06. The minimum atomic E-state index is 0.0313. The zero-order chi connectivity index (χ0) is 21.8. The van der Waals surface area contributed by atoms with E-state index in [1.54, 1.807) is 0 Å². The van der Waals surface area contributed by atoms with Crippen LogP contribution in [0.5, 0.6) is 0 Å². The second-order valence-electron chi connectivity index (χ2n) is 9.46. The second kappa shape index (κ2) is 7.19. The van der Waals surface area contributed by atoms with Crippen LogP contribution in [0, 0.1) is 5.41 Å². The highest BCUT2D eigenvalue weighted by atomic mass is 15.7. The third kappa shape index (κ3) is 3.11. The Morgan fingerprint density at radius 3 is 2.35 bits per heavy atom. The number of benzene rings is 2. The van der Waals surface area contributed by atoms with Crippen LogP contribution in [0.3, 0.4) is 0 Å². The van der Waals surface area contributed by atoms with E-state index in [1.165, 1.54) is 22.3 Å². The van der Waals surface area contributed by atoms with Gasteiger partial charge >= 0.3 is 6.85 Å². The summed E-state index contributed by atoms with van der Waals surface area (Å²) in [5, 5.41) is 2.36. The number of rotatable bonds is 2. The molecule has 5 rings (SSSR count). The highest BCUT2D eigenvalue weighted by molar-refractivity contribution is 6.71. The van der Waals surface area contributed by atoms with E-state index in [2.05, 4.69) is 116 Å². The minimum Gasteiger partial charge on any atom is -0.328 e. The maximum Gasteiger partial charge on any atom is 0.311 e. The van der Waals surface area contributed by atoms with Gasteiger partial charge < -0.3 is 9.82 Å². The largest absolute Gasteiger partial charge is 0.328 e. The normalized spacial score (nSPS) is 18.1. The first-order valence-electron chi connectivity index (χ1n) is 11.1. The standard InChI is InChI=1S/C26H29BN4/c1-19-30(20-12-7-6-8-13-20)24-16-11-17-28-25(24)31(19)29-18-22(26(2,3)4)21-14-9-10-15-23(21)27(29)5/h6-19H,1-5H3/t19-/m0/s1. The van der Waals surface area contributed by atoms with E-state index < -0.39 is 0 Å². The van der Waals surface area contributed by atoms with E-state index in [-0.39, 0.29) is 18.4 Å². The van der Waals surface area contributed by atoms with Gasteiger partial charge in [-0.15, -0.1) is 0 Å². The van der Waals surface area contributed by atoms with E-state index in [1.807, 2.05) is 12.3 Å². The number of anilines is 3. The van der Waals surface area contributed by atoms with Gasteiger partial charge in [-0.1, -0.05) is 70.1 Å². The lowest BCUT2D eigenvalue weighted by Gasteiger charge is -2.44. The number of hydrazine groups is 1. The van der Waals surface area contributed by atoms with E-state index in [0.717, 1.165) is 11.5 Å². The quantitative estimate of drug-likeness (QED) is 0.520. The van der Waals surface area contributed by atoms with Crippen LogP contribution in [-0.2, 0) is 0 Å². The minimum absolute atomic E-state index is 0.0313. The summed E-state index contributed by atoms with van der Waals surface area (Å²) in [5.41, 5.74) is 6.41. The van der Waals surface area contributed by atoms with Crippen LogP contribution >= 0.6 is 0 Å². The molecule has 4 nitrogen and oxygen atoms in total. The van der Waals surface area contributed by atoms with Crippen molar-refractivity contribution in [3.05, 3.63) is 84.7 Å². The van der Waals surface area contributed by atoms with Crippen LogP contribution in [-0.4, -0.2) is 22.9 Å². The molecule has 0 N–H and O–H groups in total. The van der Waals surface area contributed by atoms with Crippen molar-refractivity contribution >= 4 is 35.1 Å². The Morgan fingerprint density at radius 1 is 0.903 bits per heavy atom. The molecule has 0 unspecified atom stereocenters. The van der Waals surface area contributed by atoms with Gasteiger partial charge in [0.25, 0.3) is 0 Å². The van der Waals surface area contributed by atoms with E-state index in [9.17, 15) is 0 Å². The number of allylic oxidation sites excluding steroid dienone is 1. The molecule has 3 aromatic rings. The molecule has 0 saturated carbocycles. The summed E-state index contributed by atoms with van der Waals surface area (Å²) in [7, 11) is 0. The molecule has 0 saturated heterocycles. The van der Waals surface area contributed by atoms with Crippen LogP contribution in [0.1, 0.15) is 33.3 Å². The Morgan fingerprint density at radius 2 is 1.61 bits per heavy atom. The number of aromatic nitrogens is 1. The summed E-state index contributed by atoms with van der Waals surface area (Å²) in [6.45, 7) is 11.6. The maximum atomic E-state index is 4.83. The monoisotopic (exact) mass is 408 g/mol. The van der Waals surface area contributed by atoms with Crippen LogP contribution in [0.4, 0.5) is 17.2 Å². The zero-order valence-corrected chi connectivity index (χ0v) is 18.9. The predicted molar refractivity (Wildman–Crippen MR) is 132 cm³/mol. The van der Waals surface area contributed by atoms with Crippen molar-refractivity contribution in [1.82, 2.24) is 9.90 Å². The van der Waals surface area contributed by atoms with Crippen molar-refractivity contribution in [3.63, 3.8) is 0 Å². The molecular weight excluding hydrogens is 379 g/mol. The van der Waals surface area contributed by atoms with Gasteiger partial charge in [-0.2, -0.15) is 0 Å². The molecule has 5 heteroatoms. The molecule has 0 fully saturated rings. The Kier molecular flexibility index (Phi) is 4.58. The highest BCUT2D eigenvalue weighted by Crippen LogP contribution is 2.45. The smallest absolute Gasteiger partial charge is 0.311 e. The zero-order valence-electron chi connectivity index (χ0n) is 18.9. The Hall–Kier alpha value is -3.21. The molecule has 31 heavy (non-hydrogen) atoms. The lowest BCUT2D eigenvalue weighted by molar-refractivity contribution is 0.457. The summed E-state index contributed by atoms with van der Waals surface area (Å²) < 4.78 is 0. The molecule has 1 aromatic heterocycles. The second-order valence-corrected chi connectivity index (χ2v) is 9.46. The van der Waals surface area contributed by atoms with Crippen LogP contribution in [0.25, 0.3) is 5.57 Å². The summed E-state index contributed by atoms with van der Waals surface area (Å²) in [4.78, 5) is 9.60. The molecule has 2 aromatic carbocycles. The van der Waals surface area contributed by atoms with Gasteiger partial charge in [0.15, 0.2) is 5.82 Å². The van der Waals surface area contributed by atoms with Gasteiger partial charge in [0.1, 0.15) is 6.17 Å². The topological polar surface area (TPSA) is 22.6 Å². The van der Waals surface area contributed by atoms with Gasteiger partial charge in [-0.25, -0.2) is 4.98 Å². The molecule has 0 bridgehead atoms. The van der Waals surface area contributed by atoms with Crippen molar-refractivity contribution < 1.29 is 0 Å². The maximum absolute atomic E-state index is 4.83. The van der Waals surface area contributed by atoms with Crippen LogP contribution in [0.15, 0.2) is 79.1 Å². The molecule has 0 radical (unpaired) electrons. The number of nitrogens with zero attached hydrogens (tertiary/aromatic N) is 4. The van der Waals surface area contributed by atoms with Crippen molar-refractivity contribution in [1.29, 1.82) is 0 Å². The van der Waals surface area contributed by atoms with Crippen LogP contribution in [0.2, 0.25) is 6.82 Å². The average molecular weight is 408 g/mol. The predicted octanol–water partition coefficient (Wildman–Crippen LogP) is 5.53. The van der Waals surface area contributed by atoms with Gasteiger partial charge in [-0.3, -0.25) is 5.01 Å². The van der Waals surface area contributed by atoms with Gasteiger partial charge in [-0.05, 0) is 53.2 Å². The lowest BCUT2D eigenvalue weighted by Crippen LogP contribution is -2.59. The molecule has 3 heterocycles. The lowest BCUT2D eigenvalue weighted by atomic mass is 9.53. The highest BCUT2D eigenvalue weighted by Gasteiger charge is 2.42. The van der Waals surface area contributed by atoms with Crippen molar-refractivity contribution in [3.8, 4) is 0 Å². The third-order valence-electron chi connectivity index (χ3n) is 6.42. The number of pyridine rings is 1. The fourth-order valence-electron chi connectivity index (χ4n) is 4.90. The van der Waals surface area contributed by atoms with Crippen molar-refractivity contribution in [2.24, 2.45) is 5.41 Å². The fourth-order valence-corrected chi connectivity index (χ4v) is 4.90.